The Morgan fingerprint density at radius 3 is 2.56 bits per heavy atom. The lowest BCUT2D eigenvalue weighted by atomic mass is 9.99. The fraction of sp³-hybridized carbons (Fsp3) is 0.267. The molecule has 2 aromatic rings. The van der Waals surface area contributed by atoms with E-state index < -0.39 is 0 Å². The van der Waals surface area contributed by atoms with E-state index in [1.165, 1.54) is 5.56 Å². The molecule has 3 nitrogen and oxygen atoms in total. The number of rotatable bonds is 4. The van der Waals surface area contributed by atoms with Gasteiger partial charge in [0.2, 0.25) is 11.6 Å². The summed E-state index contributed by atoms with van der Waals surface area (Å²) < 4.78 is 0. The maximum Gasteiger partial charge on any atom is 0.230 e. The van der Waals surface area contributed by atoms with Crippen LogP contribution in [0.1, 0.15) is 35.6 Å². The van der Waals surface area contributed by atoms with Gasteiger partial charge in [0.1, 0.15) is 0 Å². The van der Waals surface area contributed by atoms with Gasteiger partial charge in [-0.25, -0.2) is 9.97 Å². The van der Waals surface area contributed by atoms with Gasteiger partial charge in [0.15, 0.2) is 0 Å². The van der Waals surface area contributed by atoms with E-state index in [9.17, 15) is 4.79 Å². The summed E-state index contributed by atoms with van der Waals surface area (Å²) in [6, 6.07) is 9.39. The Kier molecular flexibility index (Phi) is 3.82. The van der Waals surface area contributed by atoms with Gasteiger partial charge in [0.25, 0.3) is 0 Å². The quantitative estimate of drug-likeness (QED) is 0.772. The number of carbonyl (C=O) groups excluding carboxylic acids is 1. The van der Waals surface area contributed by atoms with Crippen LogP contribution in [0.4, 0.5) is 0 Å². The summed E-state index contributed by atoms with van der Waals surface area (Å²) in [4.78, 5) is 20.1. The van der Waals surface area contributed by atoms with E-state index in [-0.39, 0.29) is 11.6 Å². The summed E-state index contributed by atoms with van der Waals surface area (Å²) in [5.74, 6) is 0.698. The highest BCUT2D eigenvalue weighted by Crippen LogP contribution is 2.12. The normalized spacial score (nSPS) is 10.6. The first kappa shape index (κ1) is 12.4. The van der Waals surface area contributed by atoms with E-state index in [4.69, 9.17) is 0 Å². The molecule has 92 valence electrons. The first-order valence-corrected chi connectivity index (χ1v) is 6.07. The number of ketones is 1. The molecule has 0 atom stereocenters. The Morgan fingerprint density at radius 1 is 1.17 bits per heavy atom. The molecule has 0 amide bonds. The van der Waals surface area contributed by atoms with Crippen molar-refractivity contribution in [1.29, 1.82) is 0 Å². The largest absolute Gasteiger partial charge is 0.285 e. The zero-order valence-electron chi connectivity index (χ0n) is 10.6. The first-order chi connectivity index (χ1) is 8.66. The van der Waals surface area contributed by atoms with Crippen LogP contribution < -0.4 is 0 Å². The van der Waals surface area contributed by atoms with Gasteiger partial charge in [-0.15, -0.1) is 0 Å². The molecule has 0 aliphatic heterocycles. The third-order valence-corrected chi connectivity index (χ3v) is 2.60. The number of hydrogen-bond donors (Lipinski definition) is 0. The predicted octanol–water partition coefficient (Wildman–Crippen LogP) is 2.91. The Labute approximate surface area is 107 Å². The van der Waals surface area contributed by atoms with Crippen LogP contribution in [0.15, 0.2) is 42.7 Å². The number of carbonyl (C=O) groups is 1. The van der Waals surface area contributed by atoms with Crippen molar-refractivity contribution in [3.05, 3.63) is 59.7 Å². The smallest absolute Gasteiger partial charge is 0.230 e. The van der Waals surface area contributed by atoms with Crippen molar-refractivity contribution in [1.82, 2.24) is 9.97 Å². The van der Waals surface area contributed by atoms with E-state index in [0.717, 1.165) is 6.42 Å². The van der Waals surface area contributed by atoms with E-state index in [1.54, 1.807) is 18.5 Å². The van der Waals surface area contributed by atoms with Gasteiger partial charge >= 0.3 is 0 Å². The summed E-state index contributed by atoms with van der Waals surface area (Å²) >= 11 is 0. The molecular formula is C15H16N2O. The second-order valence-electron chi connectivity index (χ2n) is 4.70. The van der Waals surface area contributed by atoms with Gasteiger partial charge in [-0.2, -0.15) is 0 Å². The van der Waals surface area contributed by atoms with Gasteiger partial charge < -0.3 is 0 Å². The van der Waals surface area contributed by atoms with Crippen LogP contribution in [0.3, 0.4) is 0 Å². The molecule has 0 N–H and O–H groups in total. The number of nitrogens with zero attached hydrogens (tertiary/aromatic N) is 2. The predicted molar refractivity (Wildman–Crippen MR) is 70.4 cm³/mol. The lowest BCUT2D eigenvalue weighted by molar-refractivity contribution is 0.102. The molecule has 0 bridgehead atoms. The van der Waals surface area contributed by atoms with Crippen LogP contribution in [-0.4, -0.2) is 15.8 Å². The molecule has 2 rings (SSSR count). The van der Waals surface area contributed by atoms with Crippen molar-refractivity contribution in [3.8, 4) is 0 Å². The van der Waals surface area contributed by atoms with Crippen molar-refractivity contribution in [2.75, 3.05) is 0 Å². The lowest BCUT2D eigenvalue weighted by Crippen LogP contribution is -2.07. The van der Waals surface area contributed by atoms with Crippen LogP contribution in [0.25, 0.3) is 0 Å². The monoisotopic (exact) mass is 240 g/mol. The summed E-state index contributed by atoms with van der Waals surface area (Å²) in [6.07, 6.45) is 4.13. The summed E-state index contributed by atoms with van der Waals surface area (Å²) in [7, 11) is 0. The molecule has 3 heteroatoms. The Hall–Kier alpha value is -2.03. The van der Waals surface area contributed by atoms with E-state index >= 15 is 0 Å². The second-order valence-corrected chi connectivity index (χ2v) is 4.70. The van der Waals surface area contributed by atoms with Gasteiger partial charge in [-0.05, 0) is 30.0 Å². The summed E-state index contributed by atoms with van der Waals surface area (Å²) in [6.45, 7) is 4.32. The molecule has 18 heavy (non-hydrogen) atoms. The van der Waals surface area contributed by atoms with E-state index in [1.807, 2.05) is 24.3 Å². The summed E-state index contributed by atoms with van der Waals surface area (Å²) in [5, 5.41) is 0. The third-order valence-electron chi connectivity index (χ3n) is 2.60. The third kappa shape index (κ3) is 3.00. The first-order valence-electron chi connectivity index (χ1n) is 6.07. The molecule has 1 aromatic carbocycles. The van der Waals surface area contributed by atoms with Crippen LogP contribution in [-0.2, 0) is 6.42 Å². The molecule has 0 radical (unpaired) electrons. The topological polar surface area (TPSA) is 42.9 Å². The van der Waals surface area contributed by atoms with E-state index in [2.05, 4.69) is 23.8 Å². The SMILES string of the molecule is CC(C)Cc1cccc(C(=O)c2ncccn2)c1. The maximum absolute atomic E-state index is 12.2. The van der Waals surface area contributed by atoms with Crippen LogP contribution in [0.5, 0.6) is 0 Å². The Balaban J connectivity index is 2.26. The molecule has 0 unspecified atom stereocenters. The fourth-order valence-electron chi connectivity index (χ4n) is 1.86. The lowest BCUT2D eigenvalue weighted by Gasteiger charge is -2.06. The second kappa shape index (κ2) is 5.54. The number of benzene rings is 1. The average molecular weight is 240 g/mol. The van der Waals surface area contributed by atoms with Crippen molar-refractivity contribution >= 4 is 5.78 Å². The minimum Gasteiger partial charge on any atom is -0.285 e. The molecule has 0 saturated heterocycles. The van der Waals surface area contributed by atoms with E-state index in [0.29, 0.717) is 11.5 Å². The molecule has 1 heterocycles. The van der Waals surface area contributed by atoms with Gasteiger partial charge in [-0.3, -0.25) is 4.79 Å². The van der Waals surface area contributed by atoms with Crippen LogP contribution >= 0.6 is 0 Å². The standard InChI is InChI=1S/C15H16N2O/c1-11(2)9-12-5-3-6-13(10-12)14(18)15-16-7-4-8-17-15/h3-8,10-11H,9H2,1-2H3. The molecule has 0 aliphatic carbocycles. The zero-order chi connectivity index (χ0) is 13.0. The summed E-state index contributed by atoms with van der Waals surface area (Å²) in [5.41, 5.74) is 1.83. The maximum atomic E-state index is 12.2. The molecule has 0 fully saturated rings. The highest BCUT2D eigenvalue weighted by molar-refractivity contribution is 6.06. The number of hydrogen-bond acceptors (Lipinski definition) is 3. The van der Waals surface area contributed by atoms with Gasteiger partial charge in [-0.1, -0.05) is 32.0 Å². The number of aromatic nitrogens is 2. The highest BCUT2D eigenvalue weighted by atomic mass is 16.1. The van der Waals surface area contributed by atoms with Crippen LogP contribution in [0, 0.1) is 5.92 Å². The molecular weight excluding hydrogens is 224 g/mol. The minimum atomic E-state index is -0.124. The zero-order valence-corrected chi connectivity index (χ0v) is 10.6. The average Bonchev–Trinajstić information content (AvgIpc) is 2.38. The van der Waals surface area contributed by atoms with Crippen molar-refractivity contribution < 1.29 is 4.79 Å². The molecule has 0 aliphatic rings. The van der Waals surface area contributed by atoms with Gasteiger partial charge in [0.05, 0.1) is 0 Å². The molecule has 1 aromatic heterocycles. The van der Waals surface area contributed by atoms with Crippen molar-refractivity contribution in [2.24, 2.45) is 5.92 Å². The van der Waals surface area contributed by atoms with Crippen molar-refractivity contribution in [3.63, 3.8) is 0 Å². The molecule has 0 spiro atoms. The van der Waals surface area contributed by atoms with Crippen LogP contribution in [0.2, 0.25) is 0 Å². The molecule has 0 saturated carbocycles. The van der Waals surface area contributed by atoms with Gasteiger partial charge in [0, 0.05) is 18.0 Å². The minimum absolute atomic E-state index is 0.124. The Bertz CT molecular complexity index is 535. The van der Waals surface area contributed by atoms with Crippen molar-refractivity contribution in [2.45, 2.75) is 20.3 Å². The fourth-order valence-corrected chi connectivity index (χ4v) is 1.86. The highest BCUT2D eigenvalue weighted by Gasteiger charge is 2.11. The Morgan fingerprint density at radius 2 is 1.89 bits per heavy atom.